The van der Waals surface area contributed by atoms with E-state index in [0.29, 0.717) is 40.7 Å². The average Bonchev–Trinajstić information content (AvgIpc) is 3.68. The van der Waals surface area contributed by atoms with Crippen LogP contribution in [0, 0.1) is 0 Å². The van der Waals surface area contributed by atoms with Crippen LogP contribution in [0.2, 0.25) is 10.0 Å². The number of amides is 1. The first-order valence-electron chi connectivity index (χ1n) is 11.8. The molecule has 1 fully saturated rings. The van der Waals surface area contributed by atoms with Crippen molar-refractivity contribution in [3.8, 4) is 0 Å². The highest BCUT2D eigenvalue weighted by molar-refractivity contribution is 9.10. The minimum absolute atomic E-state index is 0.0386. The van der Waals surface area contributed by atoms with E-state index in [1.54, 1.807) is 55.5 Å². The minimum Gasteiger partial charge on any atom is -0.465 e. The standard InChI is InChI=1S/C27H25BrCl2N2O5S/c1-2-37-26(34)27(13-14-27)19-4-9-22(10-5-19)31-25(33)17-32(16-18-3-8-21(29)15-24(18)30)38(35,36)23-11-6-20(28)7-12-23/h3-12,15H,2,13-14,16-17H2,1H3,(H,31,33). The predicted molar refractivity (Wildman–Crippen MR) is 151 cm³/mol. The van der Waals surface area contributed by atoms with E-state index in [9.17, 15) is 18.0 Å². The average molecular weight is 640 g/mol. The molecule has 1 aliphatic rings. The van der Waals surface area contributed by atoms with E-state index >= 15 is 0 Å². The molecule has 0 spiro atoms. The Balaban J connectivity index is 1.53. The molecule has 4 rings (SSSR count). The van der Waals surface area contributed by atoms with Crippen molar-refractivity contribution in [2.45, 2.75) is 36.6 Å². The highest BCUT2D eigenvalue weighted by Crippen LogP contribution is 2.49. The molecule has 0 atom stereocenters. The number of benzene rings is 3. The number of rotatable bonds is 10. The van der Waals surface area contributed by atoms with Crippen LogP contribution in [0.4, 0.5) is 5.69 Å². The molecule has 200 valence electrons. The Hall–Kier alpha value is -2.43. The number of carbonyl (C=O) groups excluding carboxylic acids is 2. The van der Waals surface area contributed by atoms with Crippen LogP contribution in [0.25, 0.3) is 0 Å². The lowest BCUT2D eigenvalue weighted by Crippen LogP contribution is -2.37. The largest absolute Gasteiger partial charge is 0.465 e. The van der Waals surface area contributed by atoms with Crippen LogP contribution in [0.1, 0.15) is 30.9 Å². The van der Waals surface area contributed by atoms with Crippen molar-refractivity contribution in [2.24, 2.45) is 0 Å². The maximum atomic E-state index is 13.5. The monoisotopic (exact) mass is 638 g/mol. The third-order valence-corrected chi connectivity index (χ3v) is 9.19. The van der Waals surface area contributed by atoms with Crippen molar-refractivity contribution in [2.75, 3.05) is 18.5 Å². The van der Waals surface area contributed by atoms with Gasteiger partial charge >= 0.3 is 5.97 Å². The van der Waals surface area contributed by atoms with Crippen molar-refractivity contribution >= 4 is 66.7 Å². The zero-order valence-corrected chi connectivity index (χ0v) is 24.3. The van der Waals surface area contributed by atoms with Crippen LogP contribution in [0.15, 0.2) is 76.1 Å². The molecule has 1 aliphatic carbocycles. The molecular weight excluding hydrogens is 615 g/mol. The van der Waals surface area contributed by atoms with E-state index in [0.717, 1.165) is 14.3 Å². The SMILES string of the molecule is CCOC(=O)C1(c2ccc(NC(=O)CN(Cc3ccc(Cl)cc3Cl)S(=O)(=O)c3ccc(Br)cc3)cc2)CC1. The second-order valence-corrected chi connectivity index (χ2v) is 12.6. The molecule has 3 aromatic rings. The van der Waals surface area contributed by atoms with Gasteiger partial charge < -0.3 is 10.1 Å². The van der Waals surface area contributed by atoms with Gasteiger partial charge in [0.1, 0.15) is 0 Å². The smallest absolute Gasteiger partial charge is 0.316 e. The summed E-state index contributed by atoms with van der Waals surface area (Å²) in [5, 5.41) is 3.45. The predicted octanol–water partition coefficient (Wildman–Crippen LogP) is 6.18. The van der Waals surface area contributed by atoms with E-state index < -0.39 is 27.9 Å². The summed E-state index contributed by atoms with van der Waals surface area (Å²) >= 11 is 15.6. The topological polar surface area (TPSA) is 92.8 Å². The highest BCUT2D eigenvalue weighted by Gasteiger charge is 2.52. The van der Waals surface area contributed by atoms with Crippen molar-refractivity contribution in [3.63, 3.8) is 0 Å². The summed E-state index contributed by atoms with van der Waals surface area (Å²) in [7, 11) is -4.05. The number of anilines is 1. The van der Waals surface area contributed by atoms with Crippen LogP contribution in [0.5, 0.6) is 0 Å². The molecule has 11 heteroatoms. The number of nitrogens with one attached hydrogen (secondary N) is 1. The number of hydrogen-bond donors (Lipinski definition) is 1. The van der Waals surface area contributed by atoms with Gasteiger partial charge in [0, 0.05) is 26.8 Å². The van der Waals surface area contributed by atoms with E-state index in [4.69, 9.17) is 27.9 Å². The first-order valence-corrected chi connectivity index (χ1v) is 14.8. The maximum Gasteiger partial charge on any atom is 0.316 e. The van der Waals surface area contributed by atoms with Gasteiger partial charge in [-0.3, -0.25) is 9.59 Å². The summed E-state index contributed by atoms with van der Waals surface area (Å²) in [6, 6.07) is 17.9. The van der Waals surface area contributed by atoms with Crippen LogP contribution >= 0.6 is 39.1 Å². The van der Waals surface area contributed by atoms with Gasteiger partial charge in [-0.05, 0) is 79.4 Å². The minimum atomic E-state index is -4.05. The number of sulfonamides is 1. The molecule has 1 N–H and O–H groups in total. The van der Waals surface area contributed by atoms with Gasteiger partial charge in [0.25, 0.3) is 0 Å². The Bertz CT molecular complexity index is 1440. The Morgan fingerprint density at radius 2 is 1.68 bits per heavy atom. The number of esters is 1. The number of ether oxygens (including phenoxy) is 1. The van der Waals surface area contributed by atoms with E-state index in [-0.39, 0.29) is 17.4 Å². The van der Waals surface area contributed by atoms with Crippen molar-refractivity contribution in [1.82, 2.24) is 4.31 Å². The summed E-state index contributed by atoms with van der Waals surface area (Å²) in [5.74, 6) is -0.776. The quantitative estimate of drug-likeness (QED) is 0.268. The third-order valence-electron chi connectivity index (χ3n) is 6.27. The molecule has 0 saturated heterocycles. The second-order valence-electron chi connectivity index (χ2n) is 8.89. The van der Waals surface area contributed by atoms with Crippen LogP contribution in [-0.2, 0) is 36.3 Å². The molecule has 1 amide bonds. The van der Waals surface area contributed by atoms with Gasteiger partial charge in [0.2, 0.25) is 15.9 Å². The normalized spacial score (nSPS) is 14.2. The Kier molecular flexibility index (Phi) is 8.84. The van der Waals surface area contributed by atoms with E-state index in [2.05, 4.69) is 21.2 Å². The molecule has 0 heterocycles. The van der Waals surface area contributed by atoms with Gasteiger partial charge in [-0.1, -0.05) is 57.3 Å². The molecule has 7 nitrogen and oxygen atoms in total. The van der Waals surface area contributed by atoms with Gasteiger partial charge in [0.05, 0.1) is 23.5 Å². The van der Waals surface area contributed by atoms with Crippen LogP contribution in [-0.4, -0.2) is 37.8 Å². The first-order chi connectivity index (χ1) is 18.0. The molecule has 1 saturated carbocycles. The molecule has 0 unspecified atom stereocenters. The summed E-state index contributed by atoms with van der Waals surface area (Å²) in [5.41, 5.74) is 1.18. The van der Waals surface area contributed by atoms with E-state index in [1.165, 1.54) is 18.2 Å². The molecule has 0 bridgehead atoms. The Morgan fingerprint density at radius 1 is 1.03 bits per heavy atom. The van der Waals surface area contributed by atoms with E-state index in [1.807, 2.05) is 0 Å². The fourth-order valence-electron chi connectivity index (χ4n) is 4.06. The fraction of sp³-hybridized carbons (Fsp3) is 0.259. The van der Waals surface area contributed by atoms with Gasteiger partial charge in [-0.25, -0.2) is 8.42 Å². The lowest BCUT2D eigenvalue weighted by molar-refractivity contribution is -0.146. The van der Waals surface area contributed by atoms with Gasteiger partial charge in [-0.15, -0.1) is 0 Å². The lowest BCUT2D eigenvalue weighted by Gasteiger charge is -2.23. The number of halogens is 3. The summed E-state index contributed by atoms with van der Waals surface area (Å²) in [6.07, 6.45) is 1.43. The van der Waals surface area contributed by atoms with Crippen molar-refractivity contribution in [3.05, 3.63) is 92.4 Å². The maximum absolute atomic E-state index is 13.5. The fourth-order valence-corrected chi connectivity index (χ4v) is 6.17. The zero-order valence-electron chi connectivity index (χ0n) is 20.4. The molecule has 38 heavy (non-hydrogen) atoms. The lowest BCUT2D eigenvalue weighted by atomic mass is 9.96. The molecule has 0 aromatic heterocycles. The molecular formula is C27H25BrCl2N2O5S. The zero-order chi connectivity index (χ0) is 27.5. The summed E-state index contributed by atoms with van der Waals surface area (Å²) < 4.78 is 34.0. The summed E-state index contributed by atoms with van der Waals surface area (Å²) in [6.45, 7) is 1.50. The molecule has 0 radical (unpaired) electrons. The molecule has 3 aromatic carbocycles. The Labute approximate surface area is 240 Å². The van der Waals surface area contributed by atoms with Crippen molar-refractivity contribution < 1.29 is 22.7 Å². The number of hydrogen-bond acceptors (Lipinski definition) is 5. The van der Waals surface area contributed by atoms with Gasteiger partial charge in [-0.2, -0.15) is 4.31 Å². The van der Waals surface area contributed by atoms with Gasteiger partial charge in [0.15, 0.2) is 0 Å². The Morgan fingerprint density at radius 3 is 2.26 bits per heavy atom. The molecule has 0 aliphatic heterocycles. The van der Waals surface area contributed by atoms with Crippen LogP contribution in [0.3, 0.4) is 0 Å². The number of nitrogens with zero attached hydrogens (tertiary/aromatic N) is 1. The van der Waals surface area contributed by atoms with Crippen molar-refractivity contribution in [1.29, 1.82) is 0 Å². The highest BCUT2D eigenvalue weighted by atomic mass is 79.9. The summed E-state index contributed by atoms with van der Waals surface area (Å²) in [4.78, 5) is 25.4. The second kappa shape index (κ2) is 11.8. The van der Waals surface area contributed by atoms with Crippen LogP contribution < -0.4 is 5.32 Å². The number of carbonyl (C=O) groups is 2. The third kappa shape index (κ3) is 6.40. The first kappa shape index (κ1) is 28.6.